The van der Waals surface area contributed by atoms with Gasteiger partial charge in [0.25, 0.3) is 0 Å². The summed E-state index contributed by atoms with van der Waals surface area (Å²) in [6.07, 6.45) is 4.25. The van der Waals surface area contributed by atoms with E-state index in [1.807, 2.05) is 6.92 Å². The molecule has 1 aromatic carbocycles. The Morgan fingerprint density at radius 1 is 1.43 bits per heavy atom. The van der Waals surface area contributed by atoms with E-state index < -0.39 is 4.92 Å². The Morgan fingerprint density at radius 3 is 2.86 bits per heavy atom. The first-order chi connectivity index (χ1) is 10.1. The number of benzene rings is 1. The van der Waals surface area contributed by atoms with E-state index in [2.05, 4.69) is 5.32 Å². The molecule has 0 aliphatic heterocycles. The standard InChI is InChI=1S/C15H22N2O4/c1-2-9-21-15-10-11(7-8-13(15)17(19)20)16-12-5-3-4-6-14(12)18/h7-8,10,12,14,16,18H,2-6,9H2,1H3. The first-order valence-corrected chi connectivity index (χ1v) is 7.47. The molecule has 6 nitrogen and oxygen atoms in total. The summed E-state index contributed by atoms with van der Waals surface area (Å²) in [6, 6.07) is 4.76. The van der Waals surface area contributed by atoms with Crippen molar-refractivity contribution in [3.05, 3.63) is 28.3 Å². The van der Waals surface area contributed by atoms with Crippen LogP contribution in [0.5, 0.6) is 5.75 Å². The molecule has 0 spiro atoms. The highest BCUT2D eigenvalue weighted by Gasteiger charge is 2.23. The summed E-state index contributed by atoms with van der Waals surface area (Å²) in [5.41, 5.74) is 0.718. The van der Waals surface area contributed by atoms with Crippen LogP contribution in [0, 0.1) is 10.1 Å². The fourth-order valence-corrected chi connectivity index (χ4v) is 2.58. The third-order valence-corrected chi connectivity index (χ3v) is 3.70. The van der Waals surface area contributed by atoms with Gasteiger partial charge in [-0.2, -0.15) is 0 Å². The molecule has 2 rings (SSSR count). The lowest BCUT2D eigenvalue weighted by atomic mass is 9.92. The Hall–Kier alpha value is -1.82. The van der Waals surface area contributed by atoms with Gasteiger partial charge in [-0.15, -0.1) is 0 Å². The number of hydrogen-bond donors (Lipinski definition) is 2. The Morgan fingerprint density at radius 2 is 2.19 bits per heavy atom. The second-order valence-electron chi connectivity index (χ2n) is 5.39. The number of aliphatic hydroxyl groups is 1. The average molecular weight is 294 g/mol. The van der Waals surface area contributed by atoms with Gasteiger partial charge in [0.2, 0.25) is 0 Å². The largest absolute Gasteiger partial charge is 0.487 e. The van der Waals surface area contributed by atoms with Gasteiger partial charge in [-0.25, -0.2) is 0 Å². The van der Waals surface area contributed by atoms with Crippen LogP contribution in [0.25, 0.3) is 0 Å². The Balaban J connectivity index is 2.14. The molecule has 2 atom stereocenters. The van der Waals surface area contributed by atoms with Gasteiger partial charge >= 0.3 is 5.69 Å². The molecule has 1 aromatic rings. The van der Waals surface area contributed by atoms with Crippen molar-refractivity contribution in [2.45, 2.75) is 51.2 Å². The molecule has 1 fully saturated rings. The van der Waals surface area contributed by atoms with Crippen LogP contribution in [-0.4, -0.2) is 28.8 Å². The van der Waals surface area contributed by atoms with Crippen LogP contribution >= 0.6 is 0 Å². The van der Waals surface area contributed by atoms with Gasteiger partial charge < -0.3 is 15.2 Å². The summed E-state index contributed by atoms with van der Waals surface area (Å²) in [5.74, 6) is 0.275. The average Bonchev–Trinajstić information content (AvgIpc) is 2.47. The van der Waals surface area contributed by atoms with Crippen LogP contribution < -0.4 is 10.1 Å². The number of nitro benzene ring substituents is 1. The van der Waals surface area contributed by atoms with Gasteiger partial charge in [-0.3, -0.25) is 10.1 Å². The van der Waals surface area contributed by atoms with Crippen LogP contribution in [0.15, 0.2) is 18.2 Å². The fraction of sp³-hybridized carbons (Fsp3) is 0.600. The zero-order valence-electron chi connectivity index (χ0n) is 12.2. The number of rotatable bonds is 6. The van der Waals surface area contributed by atoms with Crippen molar-refractivity contribution in [3.63, 3.8) is 0 Å². The number of anilines is 1. The second kappa shape index (κ2) is 7.26. The van der Waals surface area contributed by atoms with E-state index in [0.29, 0.717) is 6.61 Å². The van der Waals surface area contributed by atoms with E-state index in [0.717, 1.165) is 37.8 Å². The second-order valence-corrected chi connectivity index (χ2v) is 5.39. The van der Waals surface area contributed by atoms with Gasteiger partial charge in [0.05, 0.1) is 23.7 Å². The minimum atomic E-state index is -0.440. The normalized spacial score (nSPS) is 21.8. The monoisotopic (exact) mass is 294 g/mol. The third kappa shape index (κ3) is 4.07. The summed E-state index contributed by atoms with van der Waals surface area (Å²) >= 11 is 0. The molecular formula is C15H22N2O4. The molecule has 2 N–H and O–H groups in total. The molecule has 116 valence electrons. The zero-order valence-corrected chi connectivity index (χ0v) is 12.2. The Labute approximate surface area is 124 Å². The topological polar surface area (TPSA) is 84.6 Å². The quantitative estimate of drug-likeness (QED) is 0.622. The smallest absolute Gasteiger partial charge is 0.311 e. The van der Waals surface area contributed by atoms with Crippen molar-refractivity contribution >= 4 is 11.4 Å². The van der Waals surface area contributed by atoms with Crippen LogP contribution in [0.1, 0.15) is 39.0 Å². The molecule has 0 bridgehead atoms. The highest BCUT2D eigenvalue weighted by atomic mass is 16.6. The van der Waals surface area contributed by atoms with Crippen molar-refractivity contribution in [1.82, 2.24) is 0 Å². The summed E-state index contributed by atoms with van der Waals surface area (Å²) in [6.45, 7) is 2.39. The number of nitro groups is 1. The van der Waals surface area contributed by atoms with E-state index >= 15 is 0 Å². The SMILES string of the molecule is CCCOc1cc(NC2CCCCC2O)ccc1[N+](=O)[O-]. The summed E-state index contributed by atoms with van der Waals surface area (Å²) in [5, 5.41) is 24.2. The molecule has 2 unspecified atom stereocenters. The molecule has 1 aliphatic rings. The van der Waals surface area contributed by atoms with Crippen LogP contribution in [0.2, 0.25) is 0 Å². The van der Waals surface area contributed by atoms with Gasteiger partial charge in [-0.05, 0) is 25.3 Å². The number of nitrogens with one attached hydrogen (secondary N) is 1. The van der Waals surface area contributed by atoms with E-state index in [9.17, 15) is 15.2 Å². The number of hydrogen-bond acceptors (Lipinski definition) is 5. The molecule has 6 heteroatoms. The molecule has 0 aromatic heterocycles. The maximum Gasteiger partial charge on any atom is 0.311 e. The highest BCUT2D eigenvalue weighted by molar-refractivity contribution is 5.58. The van der Waals surface area contributed by atoms with E-state index in [1.54, 1.807) is 12.1 Å². The van der Waals surface area contributed by atoms with Crippen molar-refractivity contribution in [1.29, 1.82) is 0 Å². The molecule has 0 saturated heterocycles. The Bertz CT molecular complexity index is 493. The number of ether oxygens (including phenoxy) is 1. The van der Waals surface area contributed by atoms with E-state index in [-0.39, 0.29) is 23.6 Å². The predicted molar refractivity (Wildman–Crippen MR) is 80.8 cm³/mol. The lowest BCUT2D eigenvalue weighted by Crippen LogP contribution is -2.36. The Kier molecular flexibility index (Phi) is 5.38. The summed E-state index contributed by atoms with van der Waals surface area (Å²) in [4.78, 5) is 10.6. The molecule has 0 amide bonds. The summed E-state index contributed by atoms with van der Waals surface area (Å²) in [7, 11) is 0. The lowest BCUT2D eigenvalue weighted by Gasteiger charge is -2.29. The first kappa shape index (κ1) is 15.6. The molecule has 0 heterocycles. The maximum atomic E-state index is 11.0. The third-order valence-electron chi connectivity index (χ3n) is 3.70. The molecule has 1 aliphatic carbocycles. The van der Waals surface area contributed by atoms with Crippen LogP contribution in [-0.2, 0) is 0 Å². The highest BCUT2D eigenvalue weighted by Crippen LogP contribution is 2.31. The van der Waals surface area contributed by atoms with Crippen molar-refractivity contribution < 1.29 is 14.8 Å². The molecule has 0 radical (unpaired) electrons. The van der Waals surface area contributed by atoms with Crippen molar-refractivity contribution in [2.24, 2.45) is 0 Å². The van der Waals surface area contributed by atoms with Crippen molar-refractivity contribution in [3.8, 4) is 5.75 Å². The molecular weight excluding hydrogens is 272 g/mol. The van der Waals surface area contributed by atoms with Gasteiger partial charge in [0, 0.05) is 17.8 Å². The van der Waals surface area contributed by atoms with Gasteiger partial charge in [0.1, 0.15) is 0 Å². The minimum absolute atomic E-state index is 0.000712. The van der Waals surface area contributed by atoms with Gasteiger partial charge in [0.15, 0.2) is 5.75 Å². The van der Waals surface area contributed by atoms with E-state index in [4.69, 9.17) is 4.74 Å². The van der Waals surface area contributed by atoms with Crippen molar-refractivity contribution in [2.75, 3.05) is 11.9 Å². The van der Waals surface area contributed by atoms with Crippen LogP contribution in [0.3, 0.4) is 0 Å². The fourth-order valence-electron chi connectivity index (χ4n) is 2.58. The molecule has 21 heavy (non-hydrogen) atoms. The zero-order chi connectivity index (χ0) is 15.2. The maximum absolute atomic E-state index is 11.0. The number of nitrogens with zero attached hydrogens (tertiary/aromatic N) is 1. The minimum Gasteiger partial charge on any atom is -0.487 e. The first-order valence-electron chi connectivity index (χ1n) is 7.47. The lowest BCUT2D eigenvalue weighted by molar-refractivity contribution is -0.385. The molecule has 1 saturated carbocycles. The van der Waals surface area contributed by atoms with E-state index in [1.165, 1.54) is 6.07 Å². The predicted octanol–water partition coefficient (Wildman–Crippen LogP) is 3.10. The number of aliphatic hydroxyl groups excluding tert-OH is 1. The summed E-state index contributed by atoms with van der Waals surface area (Å²) < 4.78 is 5.46. The van der Waals surface area contributed by atoms with Crippen LogP contribution in [0.4, 0.5) is 11.4 Å². The van der Waals surface area contributed by atoms with Gasteiger partial charge in [-0.1, -0.05) is 19.8 Å².